The summed E-state index contributed by atoms with van der Waals surface area (Å²) in [4.78, 5) is 2.31. The van der Waals surface area contributed by atoms with Crippen molar-refractivity contribution in [1.29, 1.82) is 0 Å². The molecular formula is C13H18BrFN2S. The summed E-state index contributed by atoms with van der Waals surface area (Å²) in [5, 5.41) is 0. The van der Waals surface area contributed by atoms with Crippen LogP contribution in [-0.2, 0) is 0 Å². The number of hydrogen-bond acceptors (Lipinski definition) is 3. The highest BCUT2D eigenvalue weighted by atomic mass is 79.9. The Hall–Kier alpha value is -0.100. The van der Waals surface area contributed by atoms with Gasteiger partial charge in [0.25, 0.3) is 0 Å². The average molecular weight is 333 g/mol. The third kappa shape index (κ3) is 3.47. The van der Waals surface area contributed by atoms with Crippen molar-refractivity contribution in [1.82, 2.24) is 4.90 Å². The van der Waals surface area contributed by atoms with Crippen LogP contribution in [0.4, 0.5) is 4.39 Å². The Bertz CT molecular complexity index is 395. The van der Waals surface area contributed by atoms with E-state index < -0.39 is 0 Å². The van der Waals surface area contributed by atoms with Crippen LogP contribution in [0.1, 0.15) is 18.0 Å². The molecule has 1 aliphatic rings. The van der Waals surface area contributed by atoms with Crippen molar-refractivity contribution < 1.29 is 4.39 Å². The van der Waals surface area contributed by atoms with Gasteiger partial charge in [-0.1, -0.05) is 22.0 Å². The van der Waals surface area contributed by atoms with Gasteiger partial charge in [-0.25, -0.2) is 4.39 Å². The van der Waals surface area contributed by atoms with E-state index in [0.29, 0.717) is 12.1 Å². The third-order valence-corrected chi connectivity index (χ3v) is 4.78. The van der Waals surface area contributed by atoms with Crippen LogP contribution in [0, 0.1) is 5.82 Å². The van der Waals surface area contributed by atoms with E-state index in [-0.39, 0.29) is 11.9 Å². The third-order valence-electron chi connectivity index (χ3n) is 3.24. The fourth-order valence-corrected chi connectivity index (χ4v) is 3.56. The Kier molecular flexibility index (Phi) is 5.48. The van der Waals surface area contributed by atoms with E-state index in [2.05, 4.69) is 20.8 Å². The zero-order valence-corrected chi connectivity index (χ0v) is 12.6. The van der Waals surface area contributed by atoms with E-state index in [0.717, 1.165) is 29.7 Å². The molecule has 1 atom stereocenters. The van der Waals surface area contributed by atoms with E-state index in [1.165, 1.54) is 11.8 Å². The molecule has 0 aliphatic carbocycles. The number of rotatable bonds is 3. The standard InChI is InChI=1S/C13H18BrFN2S/c14-10-2-3-11(12(15)8-10)13(9-16)17-4-1-6-18-7-5-17/h2-3,8,13H,1,4-7,9,16H2. The zero-order chi connectivity index (χ0) is 13.0. The van der Waals surface area contributed by atoms with Crippen molar-refractivity contribution in [2.24, 2.45) is 5.73 Å². The van der Waals surface area contributed by atoms with Gasteiger partial charge in [-0.15, -0.1) is 0 Å². The van der Waals surface area contributed by atoms with Gasteiger partial charge >= 0.3 is 0 Å². The number of thioether (sulfide) groups is 1. The topological polar surface area (TPSA) is 29.3 Å². The minimum atomic E-state index is -0.170. The molecule has 1 fully saturated rings. The van der Waals surface area contributed by atoms with E-state index in [4.69, 9.17) is 5.73 Å². The monoisotopic (exact) mass is 332 g/mol. The highest BCUT2D eigenvalue weighted by Crippen LogP contribution is 2.26. The number of halogens is 2. The molecule has 1 aromatic rings. The SMILES string of the molecule is NCC(c1ccc(Br)cc1F)N1CCCSCC1. The predicted molar refractivity (Wildman–Crippen MR) is 79.4 cm³/mol. The number of nitrogens with two attached hydrogens (primary N) is 1. The quantitative estimate of drug-likeness (QED) is 0.922. The lowest BCUT2D eigenvalue weighted by molar-refractivity contribution is 0.213. The van der Waals surface area contributed by atoms with Crippen molar-refractivity contribution in [3.8, 4) is 0 Å². The smallest absolute Gasteiger partial charge is 0.129 e. The van der Waals surface area contributed by atoms with Gasteiger partial charge in [0.2, 0.25) is 0 Å². The lowest BCUT2D eigenvalue weighted by Gasteiger charge is -2.30. The van der Waals surface area contributed by atoms with Gasteiger partial charge in [-0.3, -0.25) is 4.90 Å². The molecule has 18 heavy (non-hydrogen) atoms. The van der Waals surface area contributed by atoms with E-state index in [9.17, 15) is 4.39 Å². The minimum absolute atomic E-state index is 0.00296. The lowest BCUT2D eigenvalue weighted by atomic mass is 10.0. The molecule has 100 valence electrons. The van der Waals surface area contributed by atoms with Crippen LogP contribution in [0.3, 0.4) is 0 Å². The molecule has 0 spiro atoms. The normalized spacial score (nSPS) is 19.5. The Balaban J connectivity index is 2.20. The van der Waals surface area contributed by atoms with E-state index in [1.54, 1.807) is 0 Å². The zero-order valence-electron chi connectivity index (χ0n) is 10.2. The molecule has 0 amide bonds. The molecule has 2 rings (SSSR count). The summed E-state index contributed by atoms with van der Waals surface area (Å²) in [6, 6.07) is 5.24. The molecule has 2 N–H and O–H groups in total. The summed E-state index contributed by atoms with van der Waals surface area (Å²) in [6.45, 7) is 2.45. The van der Waals surface area contributed by atoms with Crippen molar-refractivity contribution in [3.63, 3.8) is 0 Å². The maximum atomic E-state index is 14.0. The van der Waals surface area contributed by atoms with Crippen molar-refractivity contribution in [3.05, 3.63) is 34.1 Å². The number of nitrogens with zero attached hydrogens (tertiary/aromatic N) is 1. The maximum absolute atomic E-state index is 14.0. The molecule has 1 unspecified atom stereocenters. The van der Waals surface area contributed by atoms with Gasteiger partial charge in [0.1, 0.15) is 5.82 Å². The average Bonchev–Trinajstić information content (AvgIpc) is 2.62. The maximum Gasteiger partial charge on any atom is 0.129 e. The van der Waals surface area contributed by atoms with Gasteiger partial charge < -0.3 is 5.73 Å². The van der Waals surface area contributed by atoms with Crippen LogP contribution >= 0.6 is 27.7 Å². The van der Waals surface area contributed by atoms with Crippen molar-refractivity contribution in [2.75, 3.05) is 31.1 Å². The van der Waals surface area contributed by atoms with E-state index >= 15 is 0 Å². The molecule has 0 saturated carbocycles. The Morgan fingerprint density at radius 3 is 2.94 bits per heavy atom. The second kappa shape index (κ2) is 6.89. The van der Waals surface area contributed by atoms with Crippen LogP contribution in [0.2, 0.25) is 0 Å². The number of hydrogen-bond donors (Lipinski definition) is 1. The molecule has 1 heterocycles. The summed E-state index contributed by atoms with van der Waals surface area (Å²) >= 11 is 5.25. The van der Waals surface area contributed by atoms with Gasteiger partial charge in [0, 0.05) is 34.9 Å². The Morgan fingerprint density at radius 2 is 2.22 bits per heavy atom. The first kappa shape index (κ1) is 14.3. The largest absolute Gasteiger partial charge is 0.329 e. The van der Waals surface area contributed by atoms with Crippen molar-refractivity contribution >= 4 is 27.7 Å². The Morgan fingerprint density at radius 1 is 1.39 bits per heavy atom. The number of benzene rings is 1. The highest BCUT2D eigenvalue weighted by molar-refractivity contribution is 9.10. The van der Waals surface area contributed by atoms with Crippen LogP contribution in [0.25, 0.3) is 0 Å². The van der Waals surface area contributed by atoms with Crippen LogP contribution < -0.4 is 5.73 Å². The highest BCUT2D eigenvalue weighted by Gasteiger charge is 2.22. The van der Waals surface area contributed by atoms with Gasteiger partial charge in [-0.2, -0.15) is 11.8 Å². The second-order valence-electron chi connectivity index (χ2n) is 4.42. The summed E-state index contributed by atoms with van der Waals surface area (Å²) in [5.74, 6) is 2.13. The summed E-state index contributed by atoms with van der Waals surface area (Å²) in [7, 11) is 0. The molecule has 5 heteroatoms. The van der Waals surface area contributed by atoms with Crippen LogP contribution in [0.5, 0.6) is 0 Å². The Labute approximate surface area is 120 Å². The van der Waals surface area contributed by atoms with Gasteiger partial charge in [-0.05, 0) is 30.9 Å². The lowest BCUT2D eigenvalue weighted by Crippen LogP contribution is -2.35. The van der Waals surface area contributed by atoms with Gasteiger partial charge in [0.05, 0.1) is 0 Å². The molecule has 1 aliphatic heterocycles. The first-order valence-corrected chi connectivity index (χ1v) is 8.14. The van der Waals surface area contributed by atoms with Crippen LogP contribution in [0.15, 0.2) is 22.7 Å². The van der Waals surface area contributed by atoms with Crippen molar-refractivity contribution in [2.45, 2.75) is 12.5 Å². The first-order chi connectivity index (χ1) is 8.72. The molecule has 2 nitrogen and oxygen atoms in total. The van der Waals surface area contributed by atoms with Crippen LogP contribution in [-0.4, -0.2) is 36.0 Å². The summed E-state index contributed by atoms with van der Waals surface area (Å²) < 4.78 is 14.8. The second-order valence-corrected chi connectivity index (χ2v) is 6.56. The molecule has 0 aromatic heterocycles. The minimum Gasteiger partial charge on any atom is -0.329 e. The predicted octanol–water partition coefficient (Wildman–Crippen LogP) is 3.03. The molecule has 0 bridgehead atoms. The first-order valence-electron chi connectivity index (χ1n) is 6.19. The molecule has 1 saturated heterocycles. The molecular weight excluding hydrogens is 315 g/mol. The van der Waals surface area contributed by atoms with Gasteiger partial charge in [0.15, 0.2) is 0 Å². The molecule has 1 aromatic carbocycles. The summed E-state index contributed by atoms with van der Waals surface area (Å²) in [6.07, 6.45) is 1.15. The summed E-state index contributed by atoms with van der Waals surface area (Å²) in [5.41, 5.74) is 6.58. The molecule has 0 radical (unpaired) electrons. The fourth-order valence-electron chi connectivity index (χ4n) is 2.32. The van der Waals surface area contributed by atoms with E-state index in [1.807, 2.05) is 23.9 Å². The fraction of sp³-hybridized carbons (Fsp3) is 0.538.